The molecule has 4 rings (SSSR count). The highest BCUT2D eigenvalue weighted by molar-refractivity contribution is 5.80. The maximum absolute atomic E-state index is 8.56. The Kier molecular flexibility index (Phi) is 7.16. The molecule has 29 heavy (non-hydrogen) atoms. The summed E-state index contributed by atoms with van der Waals surface area (Å²) >= 11 is 0. The van der Waals surface area contributed by atoms with Gasteiger partial charge >= 0.3 is 12.2 Å². The summed E-state index contributed by atoms with van der Waals surface area (Å²) in [4.78, 5) is 17.8. The molecule has 1 aromatic heterocycles. The number of carbonyl (C=O) groups is 1. The van der Waals surface area contributed by atoms with Gasteiger partial charge in [-0.15, -0.1) is 0 Å². The van der Waals surface area contributed by atoms with E-state index in [0.29, 0.717) is 11.9 Å². The van der Waals surface area contributed by atoms with E-state index in [0.717, 1.165) is 29.0 Å². The number of rotatable bonds is 5. The van der Waals surface area contributed by atoms with E-state index in [2.05, 4.69) is 29.2 Å². The molecule has 0 saturated heterocycles. The second-order valence-corrected chi connectivity index (χ2v) is 6.89. The first-order valence-electron chi connectivity index (χ1n) is 9.66. The van der Waals surface area contributed by atoms with Gasteiger partial charge in [0.1, 0.15) is 0 Å². The minimum atomic E-state index is -1.83. The van der Waals surface area contributed by atoms with E-state index in [1.807, 2.05) is 42.6 Å². The highest BCUT2D eigenvalue weighted by atomic mass is 16.6. The molecule has 6 heteroatoms. The lowest BCUT2D eigenvalue weighted by molar-refractivity contribution is 0.137. The van der Waals surface area contributed by atoms with Crippen LogP contribution in [0.2, 0.25) is 0 Å². The lowest BCUT2D eigenvalue weighted by atomic mass is 10.0. The van der Waals surface area contributed by atoms with E-state index in [1.54, 1.807) is 0 Å². The number of ether oxygens (including phenoxy) is 1. The quantitative estimate of drug-likeness (QED) is 0.587. The fourth-order valence-electron chi connectivity index (χ4n) is 3.45. The van der Waals surface area contributed by atoms with Crippen LogP contribution >= 0.6 is 0 Å². The van der Waals surface area contributed by atoms with Crippen LogP contribution in [-0.2, 0) is 0 Å². The largest absolute Gasteiger partial charge is 0.503 e. The minimum Gasteiger partial charge on any atom is -0.463 e. The van der Waals surface area contributed by atoms with Gasteiger partial charge in [-0.1, -0.05) is 73.5 Å². The number of aromatic nitrogens is 2. The number of nitrogens with zero attached hydrogens (tertiary/aromatic N) is 2. The SMILES string of the molecule is O=C(O)O.c1ccc(-c2cnc(OCC3CCCC3)nc2-c2ccccc2)cc1. The molecule has 0 unspecified atom stereocenters. The standard InChI is InChI=1S/C22H22N2O.CH2O3/c1-3-11-18(12-4-1)20-15-23-22(25-16-17-9-7-8-10-17)24-21(20)19-13-5-2-6-14-19;2-1(3)4/h1-6,11-15,17H,7-10,16H2;(H2,2,3,4). The Morgan fingerprint density at radius 3 is 2.07 bits per heavy atom. The Bertz CT molecular complexity index is 907. The zero-order valence-electron chi connectivity index (χ0n) is 16.1. The van der Waals surface area contributed by atoms with Crippen molar-refractivity contribution in [1.82, 2.24) is 9.97 Å². The molecule has 0 aliphatic heterocycles. The fraction of sp³-hybridized carbons (Fsp3) is 0.261. The molecule has 0 atom stereocenters. The lowest BCUT2D eigenvalue weighted by Gasteiger charge is -2.13. The Morgan fingerprint density at radius 2 is 1.48 bits per heavy atom. The molecule has 1 heterocycles. The molecular formula is C23H24N2O4. The van der Waals surface area contributed by atoms with Crippen molar-refractivity contribution in [1.29, 1.82) is 0 Å². The Balaban J connectivity index is 0.000000552. The van der Waals surface area contributed by atoms with Crippen LogP contribution in [0.15, 0.2) is 66.9 Å². The Morgan fingerprint density at radius 1 is 0.931 bits per heavy atom. The second kappa shape index (κ2) is 10.2. The van der Waals surface area contributed by atoms with E-state index in [4.69, 9.17) is 24.7 Å². The molecule has 1 aliphatic rings. The van der Waals surface area contributed by atoms with Gasteiger partial charge in [-0.05, 0) is 24.3 Å². The van der Waals surface area contributed by atoms with Crippen LogP contribution in [0, 0.1) is 5.92 Å². The van der Waals surface area contributed by atoms with E-state index in [-0.39, 0.29) is 0 Å². The molecule has 1 saturated carbocycles. The average molecular weight is 392 g/mol. The molecular weight excluding hydrogens is 368 g/mol. The molecule has 3 aromatic rings. The summed E-state index contributed by atoms with van der Waals surface area (Å²) in [6.07, 6.45) is 5.20. The maximum Gasteiger partial charge on any atom is 0.503 e. The van der Waals surface area contributed by atoms with Gasteiger partial charge in [0.2, 0.25) is 0 Å². The van der Waals surface area contributed by atoms with Gasteiger partial charge in [0.25, 0.3) is 0 Å². The number of hydrogen-bond donors (Lipinski definition) is 2. The smallest absolute Gasteiger partial charge is 0.463 e. The van der Waals surface area contributed by atoms with Crippen LogP contribution in [0.5, 0.6) is 6.01 Å². The predicted molar refractivity (Wildman–Crippen MR) is 111 cm³/mol. The first-order valence-corrected chi connectivity index (χ1v) is 9.66. The van der Waals surface area contributed by atoms with Crippen molar-refractivity contribution in [3.05, 3.63) is 66.9 Å². The number of benzene rings is 2. The average Bonchev–Trinajstić information content (AvgIpc) is 3.27. The van der Waals surface area contributed by atoms with Crippen molar-refractivity contribution in [2.24, 2.45) is 5.92 Å². The molecule has 6 nitrogen and oxygen atoms in total. The zero-order chi connectivity index (χ0) is 20.5. The van der Waals surface area contributed by atoms with E-state index < -0.39 is 6.16 Å². The minimum absolute atomic E-state index is 0.477. The molecule has 0 bridgehead atoms. The molecule has 1 aliphatic carbocycles. The highest BCUT2D eigenvalue weighted by Gasteiger charge is 2.17. The summed E-state index contributed by atoms with van der Waals surface area (Å²) in [7, 11) is 0. The normalized spacial score (nSPS) is 13.4. The summed E-state index contributed by atoms with van der Waals surface area (Å²) in [6, 6.07) is 21.0. The van der Waals surface area contributed by atoms with Crippen molar-refractivity contribution >= 4 is 6.16 Å². The fourth-order valence-corrected chi connectivity index (χ4v) is 3.45. The molecule has 2 N–H and O–H groups in total. The summed E-state index contributed by atoms with van der Waals surface area (Å²) in [5.41, 5.74) is 4.14. The van der Waals surface area contributed by atoms with E-state index in [9.17, 15) is 0 Å². The molecule has 150 valence electrons. The third-order valence-electron chi connectivity index (χ3n) is 4.82. The van der Waals surface area contributed by atoms with Gasteiger partial charge in [-0.3, -0.25) is 0 Å². The first kappa shape index (κ1) is 20.3. The lowest BCUT2D eigenvalue weighted by Crippen LogP contribution is -2.10. The topological polar surface area (TPSA) is 92.5 Å². The molecule has 0 amide bonds. The van der Waals surface area contributed by atoms with Crippen LogP contribution in [0.25, 0.3) is 22.4 Å². The van der Waals surface area contributed by atoms with Crippen LogP contribution in [0.3, 0.4) is 0 Å². The number of carboxylic acid groups (broad SMARTS) is 2. The Labute approximate surface area is 169 Å². The van der Waals surface area contributed by atoms with Crippen LogP contribution in [0.1, 0.15) is 25.7 Å². The third kappa shape index (κ3) is 6.04. The molecule has 0 spiro atoms. The van der Waals surface area contributed by atoms with Crippen molar-refractivity contribution in [3.8, 4) is 28.4 Å². The van der Waals surface area contributed by atoms with Gasteiger partial charge in [-0.25, -0.2) is 9.78 Å². The number of hydrogen-bond acceptors (Lipinski definition) is 4. The predicted octanol–water partition coefficient (Wildman–Crippen LogP) is 5.60. The summed E-state index contributed by atoms with van der Waals surface area (Å²) in [5, 5.41) is 13.9. The van der Waals surface area contributed by atoms with E-state index >= 15 is 0 Å². The van der Waals surface area contributed by atoms with Crippen LogP contribution in [0.4, 0.5) is 4.79 Å². The molecule has 1 fully saturated rings. The van der Waals surface area contributed by atoms with Crippen LogP contribution < -0.4 is 4.74 Å². The first-order chi connectivity index (χ1) is 14.1. The maximum atomic E-state index is 8.56. The summed E-state index contributed by atoms with van der Waals surface area (Å²) in [5.74, 6) is 0.651. The van der Waals surface area contributed by atoms with Crippen molar-refractivity contribution in [2.45, 2.75) is 25.7 Å². The van der Waals surface area contributed by atoms with Gasteiger partial charge in [-0.2, -0.15) is 4.98 Å². The monoisotopic (exact) mass is 392 g/mol. The Hall–Kier alpha value is -3.41. The molecule has 0 radical (unpaired) electrons. The van der Waals surface area contributed by atoms with Crippen molar-refractivity contribution < 1.29 is 19.7 Å². The van der Waals surface area contributed by atoms with Gasteiger partial charge in [0.05, 0.1) is 12.3 Å². The van der Waals surface area contributed by atoms with E-state index in [1.165, 1.54) is 25.7 Å². The summed E-state index contributed by atoms with van der Waals surface area (Å²) < 4.78 is 5.92. The van der Waals surface area contributed by atoms with Gasteiger partial charge in [0.15, 0.2) is 0 Å². The summed E-state index contributed by atoms with van der Waals surface area (Å²) in [6.45, 7) is 0.721. The second-order valence-electron chi connectivity index (χ2n) is 6.89. The highest BCUT2D eigenvalue weighted by Crippen LogP contribution is 2.31. The zero-order valence-corrected chi connectivity index (χ0v) is 16.1. The molecule has 2 aromatic carbocycles. The van der Waals surface area contributed by atoms with Gasteiger partial charge < -0.3 is 14.9 Å². The van der Waals surface area contributed by atoms with Crippen molar-refractivity contribution in [2.75, 3.05) is 6.61 Å². The third-order valence-corrected chi connectivity index (χ3v) is 4.82. The van der Waals surface area contributed by atoms with Crippen molar-refractivity contribution in [3.63, 3.8) is 0 Å². The van der Waals surface area contributed by atoms with Gasteiger partial charge in [0, 0.05) is 17.3 Å². The van der Waals surface area contributed by atoms with Crippen LogP contribution in [-0.4, -0.2) is 32.9 Å².